The first kappa shape index (κ1) is 8.19. The number of hydrogen-bond donors (Lipinski definition) is 1. The molecule has 0 radical (unpaired) electrons. The number of benzene rings is 1. The van der Waals surface area contributed by atoms with Gasteiger partial charge in [-0.05, 0) is 24.4 Å². The van der Waals surface area contributed by atoms with Crippen molar-refractivity contribution in [2.75, 3.05) is 0 Å². The zero-order chi connectivity index (χ0) is 9.26. The third-order valence-corrected chi connectivity index (χ3v) is 1.95. The Morgan fingerprint density at radius 1 is 1.31 bits per heavy atom. The molecule has 13 heavy (non-hydrogen) atoms. The van der Waals surface area contributed by atoms with Gasteiger partial charge in [-0.15, -0.1) is 5.10 Å². The first-order valence-corrected chi connectivity index (χ1v) is 4.33. The number of hydrogen-bond acceptors (Lipinski definition) is 2. The number of H-pyrrole nitrogens is 1. The van der Waals surface area contributed by atoms with Gasteiger partial charge in [-0.25, -0.2) is 0 Å². The quantitative estimate of drug-likeness (QED) is 0.553. The first-order valence-electron chi connectivity index (χ1n) is 3.92. The van der Waals surface area contributed by atoms with Crippen LogP contribution < -0.4 is 4.68 Å². The molecular formula is C9H9N2OS+. The SMILES string of the molecule is C[n+]1[nH]c(=S)oc1-c1ccccc1. The molecule has 66 valence electrons. The summed E-state index contributed by atoms with van der Waals surface area (Å²) in [4.78, 5) is 0.390. The van der Waals surface area contributed by atoms with Crippen molar-refractivity contribution in [3.63, 3.8) is 0 Å². The van der Waals surface area contributed by atoms with Crippen molar-refractivity contribution < 1.29 is 9.10 Å². The van der Waals surface area contributed by atoms with Crippen molar-refractivity contribution >= 4 is 12.2 Å². The maximum absolute atomic E-state index is 5.32. The Hall–Kier alpha value is -1.42. The monoisotopic (exact) mass is 193 g/mol. The summed E-state index contributed by atoms with van der Waals surface area (Å²) in [5.41, 5.74) is 1.01. The third-order valence-electron chi connectivity index (χ3n) is 1.77. The normalized spacial score (nSPS) is 10.2. The number of aromatic amines is 1. The Kier molecular flexibility index (Phi) is 1.98. The van der Waals surface area contributed by atoms with Crippen LogP contribution in [0.2, 0.25) is 0 Å². The van der Waals surface area contributed by atoms with Gasteiger partial charge in [0.1, 0.15) is 0 Å². The van der Waals surface area contributed by atoms with Gasteiger partial charge in [0.2, 0.25) is 0 Å². The molecule has 0 aliphatic carbocycles. The predicted molar refractivity (Wildman–Crippen MR) is 50.5 cm³/mol. The molecule has 0 saturated carbocycles. The molecule has 2 rings (SSSR count). The van der Waals surface area contributed by atoms with Crippen LogP contribution in [-0.4, -0.2) is 5.10 Å². The van der Waals surface area contributed by atoms with Crippen LogP contribution >= 0.6 is 12.2 Å². The number of aromatic nitrogens is 2. The van der Waals surface area contributed by atoms with E-state index in [0.717, 1.165) is 11.5 Å². The maximum Gasteiger partial charge on any atom is 0.406 e. The van der Waals surface area contributed by atoms with Crippen LogP contribution in [0.5, 0.6) is 0 Å². The highest BCUT2D eigenvalue weighted by Crippen LogP contribution is 2.13. The Morgan fingerprint density at radius 2 is 2.00 bits per heavy atom. The lowest BCUT2D eigenvalue weighted by Crippen LogP contribution is -2.31. The molecule has 0 unspecified atom stereocenters. The third kappa shape index (κ3) is 1.53. The fourth-order valence-corrected chi connectivity index (χ4v) is 1.42. The van der Waals surface area contributed by atoms with Crippen LogP contribution in [0.15, 0.2) is 34.7 Å². The second kappa shape index (κ2) is 3.14. The zero-order valence-corrected chi connectivity index (χ0v) is 7.97. The lowest BCUT2D eigenvalue weighted by molar-refractivity contribution is -0.720. The average Bonchev–Trinajstić information content (AvgIpc) is 2.47. The minimum atomic E-state index is 0.390. The highest BCUT2D eigenvalue weighted by molar-refractivity contribution is 7.71. The second-order valence-corrected chi connectivity index (χ2v) is 3.10. The molecule has 0 atom stereocenters. The smallest absolute Gasteiger partial charge is 0.371 e. The summed E-state index contributed by atoms with van der Waals surface area (Å²) in [5.74, 6) is 0.741. The molecule has 4 heteroatoms. The van der Waals surface area contributed by atoms with Crippen molar-refractivity contribution in [2.24, 2.45) is 7.05 Å². The molecule has 1 N–H and O–H groups in total. The van der Waals surface area contributed by atoms with Crippen molar-refractivity contribution in [3.05, 3.63) is 35.2 Å². The van der Waals surface area contributed by atoms with Gasteiger partial charge < -0.3 is 4.42 Å². The summed E-state index contributed by atoms with van der Waals surface area (Å²) in [7, 11) is 1.86. The molecule has 1 heterocycles. The summed E-state index contributed by atoms with van der Waals surface area (Å²) in [5, 5.41) is 2.87. The average molecular weight is 193 g/mol. The largest absolute Gasteiger partial charge is 0.406 e. The van der Waals surface area contributed by atoms with E-state index in [1.807, 2.05) is 37.4 Å². The van der Waals surface area contributed by atoms with Gasteiger partial charge in [-0.2, -0.15) is 0 Å². The molecule has 2 aromatic rings. The molecule has 1 aromatic carbocycles. The highest BCUT2D eigenvalue weighted by Gasteiger charge is 2.14. The van der Waals surface area contributed by atoms with Crippen molar-refractivity contribution in [1.82, 2.24) is 5.10 Å². The molecule has 1 aromatic heterocycles. The molecule has 0 aliphatic heterocycles. The summed E-state index contributed by atoms with van der Waals surface area (Å²) >= 11 is 4.88. The minimum Gasteiger partial charge on any atom is -0.371 e. The van der Waals surface area contributed by atoms with Crippen LogP contribution in [0.1, 0.15) is 0 Å². The second-order valence-electron chi connectivity index (χ2n) is 2.73. The van der Waals surface area contributed by atoms with Crippen LogP contribution in [0.3, 0.4) is 0 Å². The Bertz CT molecular complexity index is 458. The van der Waals surface area contributed by atoms with Gasteiger partial charge in [0.15, 0.2) is 7.05 Å². The van der Waals surface area contributed by atoms with Crippen LogP contribution in [0.25, 0.3) is 11.5 Å². The van der Waals surface area contributed by atoms with Gasteiger partial charge in [0.05, 0.1) is 5.56 Å². The molecule has 0 fully saturated rings. The van der Waals surface area contributed by atoms with Gasteiger partial charge in [-0.3, -0.25) is 0 Å². The van der Waals surface area contributed by atoms with Gasteiger partial charge in [0, 0.05) is 0 Å². The molecule has 0 amide bonds. The van der Waals surface area contributed by atoms with E-state index in [-0.39, 0.29) is 0 Å². The van der Waals surface area contributed by atoms with Crippen molar-refractivity contribution in [1.29, 1.82) is 0 Å². The van der Waals surface area contributed by atoms with E-state index in [1.54, 1.807) is 4.68 Å². The van der Waals surface area contributed by atoms with E-state index in [0.29, 0.717) is 4.84 Å². The lowest BCUT2D eigenvalue weighted by Gasteiger charge is -1.88. The van der Waals surface area contributed by atoms with E-state index >= 15 is 0 Å². The highest BCUT2D eigenvalue weighted by atomic mass is 32.1. The molecule has 3 nitrogen and oxygen atoms in total. The van der Waals surface area contributed by atoms with Crippen molar-refractivity contribution in [3.8, 4) is 11.5 Å². The number of nitrogens with one attached hydrogen (secondary N) is 1. The summed E-state index contributed by atoms with van der Waals surface area (Å²) in [6.07, 6.45) is 0. The van der Waals surface area contributed by atoms with E-state index < -0.39 is 0 Å². The Labute approximate surface area is 80.6 Å². The topological polar surface area (TPSA) is 32.8 Å². The summed E-state index contributed by atoms with van der Waals surface area (Å²) in [6.45, 7) is 0. The Balaban J connectivity index is 2.59. The van der Waals surface area contributed by atoms with Crippen LogP contribution in [-0.2, 0) is 7.05 Å². The Morgan fingerprint density at radius 3 is 2.54 bits per heavy atom. The summed E-state index contributed by atoms with van der Waals surface area (Å²) in [6, 6.07) is 9.83. The van der Waals surface area contributed by atoms with Crippen LogP contribution in [0.4, 0.5) is 0 Å². The molecular weight excluding hydrogens is 184 g/mol. The number of aryl methyl sites for hydroxylation is 1. The first-order chi connectivity index (χ1) is 6.27. The fraction of sp³-hybridized carbons (Fsp3) is 0.111. The summed E-state index contributed by atoms with van der Waals surface area (Å²) < 4.78 is 7.08. The van der Waals surface area contributed by atoms with E-state index in [4.69, 9.17) is 16.6 Å². The standard InChI is InChI=1S/C9H8N2OS/c1-11-8(12-9(13)10-11)7-5-3-2-4-6-7/h2-6H,1H3/p+1. The lowest BCUT2D eigenvalue weighted by atomic mass is 10.2. The van der Waals surface area contributed by atoms with E-state index in [2.05, 4.69) is 5.10 Å². The van der Waals surface area contributed by atoms with Gasteiger partial charge in [-0.1, -0.05) is 22.9 Å². The zero-order valence-electron chi connectivity index (χ0n) is 7.15. The molecule has 0 saturated heterocycles. The van der Waals surface area contributed by atoms with E-state index in [9.17, 15) is 0 Å². The van der Waals surface area contributed by atoms with Gasteiger partial charge >= 0.3 is 10.7 Å². The maximum atomic E-state index is 5.32. The number of rotatable bonds is 1. The van der Waals surface area contributed by atoms with Crippen LogP contribution in [0, 0.1) is 4.84 Å². The van der Waals surface area contributed by atoms with E-state index in [1.165, 1.54) is 0 Å². The molecule has 0 bridgehead atoms. The predicted octanol–water partition coefficient (Wildman–Crippen LogP) is 1.83. The minimum absolute atomic E-state index is 0.390. The molecule has 0 spiro atoms. The number of nitrogens with zero attached hydrogens (tertiary/aromatic N) is 1. The van der Waals surface area contributed by atoms with Crippen molar-refractivity contribution in [2.45, 2.75) is 0 Å². The molecule has 0 aliphatic rings. The fourth-order valence-electron chi connectivity index (χ4n) is 1.20. The van der Waals surface area contributed by atoms with Gasteiger partial charge in [0.25, 0.3) is 0 Å².